The molecule has 0 saturated carbocycles. The van der Waals surface area contributed by atoms with Gasteiger partial charge in [0.25, 0.3) is 5.69 Å². The zero-order chi connectivity index (χ0) is 23.4. The fourth-order valence-corrected chi connectivity index (χ4v) is 4.43. The summed E-state index contributed by atoms with van der Waals surface area (Å²) in [6, 6.07) is 25.4. The lowest BCUT2D eigenvalue weighted by Gasteiger charge is -2.19. The molecule has 1 aromatic heterocycles. The minimum atomic E-state index is -0.370. The summed E-state index contributed by atoms with van der Waals surface area (Å²) < 4.78 is 2.11. The van der Waals surface area contributed by atoms with Crippen LogP contribution in [0.4, 0.5) is 5.69 Å². The van der Waals surface area contributed by atoms with Crippen LogP contribution in [0.25, 0.3) is 11.4 Å². The van der Waals surface area contributed by atoms with Crippen molar-refractivity contribution >= 4 is 17.4 Å². The van der Waals surface area contributed by atoms with E-state index < -0.39 is 0 Å². The normalized spacial score (nSPS) is 11.5. The first-order chi connectivity index (χ1) is 15.8. The number of nitrogens with zero attached hydrogens (tertiary/aromatic N) is 4. The van der Waals surface area contributed by atoms with Gasteiger partial charge >= 0.3 is 0 Å². The van der Waals surface area contributed by atoms with Crippen LogP contribution in [0.2, 0.25) is 0 Å². The highest BCUT2D eigenvalue weighted by Crippen LogP contribution is 2.30. The van der Waals surface area contributed by atoms with Gasteiger partial charge in [-0.1, -0.05) is 99.3 Å². The van der Waals surface area contributed by atoms with E-state index in [0.717, 1.165) is 27.7 Å². The lowest BCUT2D eigenvalue weighted by Crippen LogP contribution is -2.10. The molecule has 6 nitrogen and oxygen atoms in total. The molecule has 0 unspecified atom stereocenters. The Balaban J connectivity index is 1.65. The van der Waals surface area contributed by atoms with Gasteiger partial charge in [-0.15, -0.1) is 10.2 Å². The Morgan fingerprint density at radius 2 is 1.61 bits per heavy atom. The Morgan fingerprint density at radius 3 is 2.27 bits per heavy atom. The lowest BCUT2D eigenvalue weighted by molar-refractivity contribution is -0.384. The first-order valence-electron chi connectivity index (χ1n) is 10.8. The highest BCUT2D eigenvalue weighted by Gasteiger charge is 2.18. The van der Waals surface area contributed by atoms with Gasteiger partial charge in [0.15, 0.2) is 11.0 Å². The van der Waals surface area contributed by atoms with Gasteiger partial charge in [0.05, 0.1) is 11.5 Å². The third kappa shape index (κ3) is 5.49. The molecule has 0 aliphatic rings. The van der Waals surface area contributed by atoms with Gasteiger partial charge < -0.3 is 0 Å². The highest BCUT2D eigenvalue weighted by molar-refractivity contribution is 7.98. The van der Waals surface area contributed by atoms with E-state index in [9.17, 15) is 10.1 Å². The van der Waals surface area contributed by atoms with Crippen LogP contribution in [0.15, 0.2) is 84.0 Å². The summed E-state index contributed by atoms with van der Waals surface area (Å²) in [7, 11) is 0. The summed E-state index contributed by atoms with van der Waals surface area (Å²) in [4.78, 5) is 10.7. The van der Waals surface area contributed by atoms with Crippen LogP contribution in [-0.4, -0.2) is 19.7 Å². The Labute approximate surface area is 197 Å². The smallest absolute Gasteiger partial charge is 0.269 e. The van der Waals surface area contributed by atoms with Gasteiger partial charge in [0.2, 0.25) is 0 Å². The molecule has 3 aromatic carbocycles. The van der Waals surface area contributed by atoms with Gasteiger partial charge in [-0.25, -0.2) is 0 Å². The summed E-state index contributed by atoms with van der Waals surface area (Å²) in [6.45, 7) is 7.23. The monoisotopic (exact) mass is 458 g/mol. The van der Waals surface area contributed by atoms with Crippen LogP contribution in [-0.2, 0) is 17.7 Å². The number of nitro benzene ring substituents is 1. The quantitative estimate of drug-likeness (QED) is 0.180. The molecule has 168 valence electrons. The molecule has 0 N–H and O–H groups in total. The van der Waals surface area contributed by atoms with Crippen molar-refractivity contribution < 1.29 is 4.92 Å². The summed E-state index contributed by atoms with van der Waals surface area (Å²) >= 11 is 1.53. The van der Waals surface area contributed by atoms with Gasteiger partial charge in [0.1, 0.15) is 0 Å². The molecule has 0 radical (unpaired) electrons. The summed E-state index contributed by atoms with van der Waals surface area (Å²) in [5.41, 5.74) is 4.48. The molecule has 0 spiro atoms. The van der Waals surface area contributed by atoms with E-state index in [4.69, 9.17) is 0 Å². The van der Waals surface area contributed by atoms with Crippen molar-refractivity contribution in [1.29, 1.82) is 0 Å². The van der Waals surface area contributed by atoms with E-state index >= 15 is 0 Å². The van der Waals surface area contributed by atoms with Crippen LogP contribution in [0.5, 0.6) is 0 Å². The molecule has 1 heterocycles. The van der Waals surface area contributed by atoms with Crippen molar-refractivity contribution in [3.8, 4) is 11.4 Å². The van der Waals surface area contributed by atoms with E-state index in [-0.39, 0.29) is 16.0 Å². The number of thioether (sulfide) groups is 1. The molecule has 33 heavy (non-hydrogen) atoms. The topological polar surface area (TPSA) is 73.8 Å². The number of hydrogen-bond donors (Lipinski definition) is 0. The molecule has 0 fully saturated rings. The molecular weight excluding hydrogens is 432 g/mol. The molecular formula is C26H26N4O2S. The van der Waals surface area contributed by atoms with Crippen LogP contribution in [0.1, 0.15) is 37.5 Å². The average Bonchev–Trinajstić information content (AvgIpc) is 3.20. The summed E-state index contributed by atoms with van der Waals surface area (Å²) in [5.74, 6) is 1.37. The van der Waals surface area contributed by atoms with Gasteiger partial charge in [-0.2, -0.15) is 0 Å². The number of hydrogen-bond acceptors (Lipinski definition) is 5. The molecule has 7 heteroatoms. The largest absolute Gasteiger partial charge is 0.298 e. The molecule has 0 bridgehead atoms. The van der Waals surface area contributed by atoms with Crippen molar-refractivity contribution in [3.05, 3.63) is 106 Å². The zero-order valence-electron chi connectivity index (χ0n) is 18.9. The predicted octanol–water partition coefficient (Wildman–Crippen LogP) is 6.49. The Kier molecular flexibility index (Phi) is 6.60. The number of non-ortho nitro benzene ring substituents is 1. The highest BCUT2D eigenvalue weighted by atomic mass is 32.2. The minimum absolute atomic E-state index is 0.0789. The third-order valence-electron chi connectivity index (χ3n) is 5.40. The fraction of sp³-hybridized carbons (Fsp3) is 0.231. The Morgan fingerprint density at radius 1 is 0.909 bits per heavy atom. The first-order valence-corrected chi connectivity index (χ1v) is 11.7. The maximum Gasteiger partial charge on any atom is 0.269 e. The maximum absolute atomic E-state index is 11.1. The fourth-order valence-electron chi connectivity index (χ4n) is 3.54. The standard InChI is InChI=1S/C26H26N4O2S/c1-26(2,3)22-14-12-21(13-15-22)24-27-28-25(29(24)17-19-8-5-4-6-9-19)33-18-20-10-7-11-23(16-20)30(31)32/h4-16H,17-18H2,1-3H3. The van der Waals surface area contributed by atoms with Crippen molar-refractivity contribution in [1.82, 2.24) is 14.8 Å². The van der Waals surface area contributed by atoms with E-state index in [0.29, 0.717) is 12.3 Å². The van der Waals surface area contributed by atoms with Crippen LogP contribution in [0.3, 0.4) is 0 Å². The van der Waals surface area contributed by atoms with Crippen molar-refractivity contribution in [3.63, 3.8) is 0 Å². The average molecular weight is 459 g/mol. The molecule has 0 aliphatic carbocycles. The Hall–Kier alpha value is -3.45. The lowest BCUT2D eigenvalue weighted by atomic mass is 9.87. The van der Waals surface area contributed by atoms with Crippen LogP contribution >= 0.6 is 11.8 Å². The van der Waals surface area contributed by atoms with Gasteiger partial charge in [-0.3, -0.25) is 14.7 Å². The Bertz CT molecular complexity index is 1250. The SMILES string of the molecule is CC(C)(C)c1ccc(-c2nnc(SCc3cccc([N+](=O)[O-])c3)n2Cc2ccccc2)cc1. The van der Waals surface area contributed by atoms with E-state index in [1.54, 1.807) is 12.1 Å². The number of rotatable bonds is 7. The van der Waals surface area contributed by atoms with Crippen molar-refractivity contribution in [2.45, 2.75) is 43.6 Å². The molecule has 0 atom stereocenters. The van der Waals surface area contributed by atoms with Crippen molar-refractivity contribution in [2.75, 3.05) is 0 Å². The zero-order valence-corrected chi connectivity index (χ0v) is 19.7. The van der Waals surface area contributed by atoms with Gasteiger partial charge in [-0.05, 0) is 22.1 Å². The van der Waals surface area contributed by atoms with E-state index in [1.165, 1.54) is 23.4 Å². The maximum atomic E-state index is 11.1. The molecule has 4 aromatic rings. The van der Waals surface area contributed by atoms with Gasteiger partial charge in [0, 0.05) is 23.4 Å². The summed E-state index contributed by atoms with van der Waals surface area (Å²) in [5, 5.41) is 20.9. The number of nitro groups is 1. The molecule has 0 saturated heterocycles. The number of benzene rings is 3. The predicted molar refractivity (Wildman–Crippen MR) is 132 cm³/mol. The second kappa shape index (κ2) is 9.58. The van der Waals surface area contributed by atoms with Crippen LogP contribution in [0, 0.1) is 10.1 Å². The first kappa shape index (κ1) is 22.7. The van der Waals surface area contributed by atoms with E-state index in [2.05, 4.69) is 71.9 Å². The van der Waals surface area contributed by atoms with E-state index in [1.807, 2.05) is 24.3 Å². The molecule has 0 aliphatic heterocycles. The van der Waals surface area contributed by atoms with Crippen LogP contribution < -0.4 is 0 Å². The second-order valence-corrected chi connectivity index (χ2v) is 9.86. The third-order valence-corrected chi connectivity index (χ3v) is 6.44. The number of aromatic nitrogens is 3. The van der Waals surface area contributed by atoms with Crippen molar-refractivity contribution in [2.24, 2.45) is 0 Å². The molecule has 4 rings (SSSR count). The summed E-state index contributed by atoms with van der Waals surface area (Å²) in [6.07, 6.45) is 0. The second-order valence-electron chi connectivity index (χ2n) is 8.92. The molecule has 0 amide bonds. The minimum Gasteiger partial charge on any atom is -0.298 e.